The number of aryl methyl sites for hydroxylation is 1. The van der Waals surface area contributed by atoms with Crippen LogP contribution in [0.5, 0.6) is 5.88 Å². The fourth-order valence-corrected chi connectivity index (χ4v) is 1.47. The first-order chi connectivity index (χ1) is 8.93. The summed E-state index contributed by atoms with van der Waals surface area (Å²) in [4.78, 5) is 25.3. The Bertz CT molecular complexity index is 625. The summed E-state index contributed by atoms with van der Waals surface area (Å²) >= 11 is 0. The molecule has 2 aromatic heterocycles. The second-order valence-electron chi connectivity index (χ2n) is 3.50. The number of carbonyl (C=O) groups is 2. The van der Waals surface area contributed by atoms with Crippen molar-refractivity contribution in [3.8, 4) is 17.5 Å². The van der Waals surface area contributed by atoms with E-state index in [1.54, 1.807) is 7.05 Å². The molecular formula is C10H9N3O6. The average Bonchev–Trinajstić information content (AvgIpc) is 2.91. The Kier molecular flexibility index (Phi) is 2.95. The smallest absolute Gasteiger partial charge is 0.374 e. The van der Waals surface area contributed by atoms with Gasteiger partial charge in [0.25, 0.3) is 0 Å². The van der Waals surface area contributed by atoms with Gasteiger partial charge in [-0.1, -0.05) is 0 Å². The molecule has 0 spiro atoms. The maximum Gasteiger partial charge on any atom is 0.374 e. The van der Waals surface area contributed by atoms with Crippen LogP contribution in [-0.4, -0.2) is 44.0 Å². The van der Waals surface area contributed by atoms with Crippen LogP contribution in [0.3, 0.4) is 0 Å². The molecular weight excluding hydrogens is 258 g/mol. The zero-order valence-corrected chi connectivity index (χ0v) is 9.95. The maximum absolute atomic E-state index is 10.9. The minimum atomic E-state index is -1.51. The molecule has 0 atom stereocenters. The SMILES string of the molecule is COc1cc(-c2nc(C(=O)O)c(C(=O)O)o2)nn1C. The second kappa shape index (κ2) is 4.44. The molecule has 100 valence electrons. The van der Waals surface area contributed by atoms with Crippen molar-refractivity contribution >= 4 is 11.9 Å². The Morgan fingerprint density at radius 2 is 2.05 bits per heavy atom. The second-order valence-corrected chi connectivity index (χ2v) is 3.50. The average molecular weight is 267 g/mol. The molecule has 2 heterocycles. The van der Waals surface area contributed by atoms with Gasteiger partial charge in [0.2, 0.25) is 23.2 Å². The summed E-state index contributed by atoms with van der Waals surface area (Å²) in [7, 11) is 3.03. The van der Waals surface area contributed by atoms with Crippen LogP contribution in [0.15, 0.2) is 10.5 Å². The Balaban J connectivity index is 2.53. The van der Waals surface area contributed by atoms with Crippen LogP contribution in [0, 0.1) is 0 Å². The first-order valence-corrected chi connectivity index (χ1v) is 5.00. The molecule has 19 heavy (non-hydrogen) atoms. The fourth-order valence-electron chi connectivity index (χ4n) is 1.47. The predicted molar refractivity (Wildman–Crippen MR) is 59.2 cm³/mol. The maximum atomic E-state index is 10.9. The van der Waals surface area contributed by atoms with E-state index >= 15 is 0 Å². The van der Waals surface area contributed by atoms with E-state index in [4.69, 9.17) is 19.4 Å². The zero-order chi connectivity index (χ0) is 14.2. The highest BCUT2D eigenvalue weighted by molar-refractivity contribution is 5.98. The molecule has 0 aliphatic rings. The van der Waals surface area contributed by atoms with E-state index in [0.29, 0.717) is 5.88 Å². The van der Waals surface area contributed by atoms with Gasteiger partial charge >= 0.3 is 11.9 Å². The van der Waals surface area contributed by atoms with E-state index in [1.165, 1.54) is 17.9 Å². The molecule has 2 N–H and O–H groups in total. The number of carboxylic acids is 2. The standard InChI is InChI=1S/C10H9N3O6/c1-13-5(18-2)3-4(12-13)8-11-6(9(14)15)7(19-8)10(16)17/h3H,1-2H3,(H,14,15)(H,16,17). The number of methoxy groups -OCH3 is 1. The van der Waals surface area contributed by atoms with Crippen molar-refractivity contribution in [2.24, 2.45) is 7.05 Å². The highest BCUT2D eigenvalue weighted by Crippen LogP contribution is 2.24. The van der Waals surface area contributed by atoms with Crippen LogP contribution in [-0.2, 0) is 7.05 Å². The topological polar surface area (TPSA) is 128 Å². The fraction of sp³-hybridized carbons (Fsp3) is 0.200. The van der Waals surface area contributed by atoms with Gasteiger partial charge < -0.3 is 19.4 Å². The van der Waals surface area contributed by atoms with E-state index < -0.39 is 23.4 Å². The number of oxazole rings is 1. The monoisotopic (exact) mass is 267 g/mol. The summed E-state index contributed by atoms with van der Waals surface area (Å²) in [5.41, 5.74) is -0.499. The van der Waals surface area contributed by atoms with Crippen LogP contribution in [0.2, 0.25) is 0 Å². The van der Waals surface area contributed by atoms with Gasteiger partial charge in [-0.3, -0.25) is 0 Å². The normalized spacial score (nSPS) is 10.4. The highest BCUT2D eigenvalue weighted by Gasteiger charge is 2.26. The molecule has 0 fully saturated rings. The number of aromatic carboxylic acids is 2. The van der Waals surface area contributed by atoms with E-state index in [0.717, 1.165) is 0 Å². The quantitative estimate of drug-likeness (QED) is 0.818. The van der Waals surface area contributed by atoms with Gasteiger partial charge in [-0.05, 0) is 0 Å². The van der Waals surface area contributed by atoms with Crippen molar-refractivity contribution in [2.45, 2.75) is 0 Å². The van der Waals surface area contributed by atoms with Crippen LogP contribution in [0.1, 0.15) is 21.0 Å². The number of hydrogen-bond donors (Lipinski definition) is 2. The Morgan fingerprint density at radius 1 is 1.37 bits per heavy atom. The molecule has 0 radical (unpaired) electrons. The van der Waals surface area contributed by atoms with E-state index in [1.807, 2.05) is 0 Å². The number of carboxylic acid groups (broad SMARTS) is 2. The zero-order valence-electron chi connectivity index (χ0n) is 9.95. The van der Waals surface area contributed by atoms with Gasteiger partial charge in [0.1, 0.15) is 0 Å². The molecule has 0 aliphatic carbocycles. The molecule has 0 unspecified atom stereocenters. The molecule has 0 bridgehead atoms. The molecule has 0 aliphatic heterocycles. The minimum Gasteiger partial charge on any atom is -0.481 e. The van der Waals surface area contributed by atoms with E-state index in [-0.39, 0.29) is 11.6 Å². The number of ether oxygens (including phenoxy) is 1. The summed E-state index contributed by atoms with van der Waals surface area (Å²) in [5.74, 6) is -3.56. The lowest BCUT2D eigenvalue weighted by Crippen LogP contribution is -2.05. The first kappa shape index (κ1) is 12.6. The Labute approximate surface area is 106 Å². The van der Waals surface area contributed by atoms with E-state index in [2.05, 4.69) is 10.1 Å². The molecule has 9 heteroatoms. The third-order valence-corrected chi connectivity index (χ3v) is 2.29. The Hall–Kier alpha value is -2.84. The highest BCUT2D eigenvalue weighted by atomic mass is 16.5. The van der Waals surface area contributed by atoms with Gasteiger partial charge in [0.15, 0.2) is 5.69 Å². The number of nitrogens with zero attached hydrogens (tertiary/aromatic N) is 3. The van der Waals surface area contributed by atoms with Gasteiger partial charge in [0.05, 0.1) is 7.11 Å². The first-order valence-electron chi connectivity index (χ1n) is 5.00. The summed E-state index contributed by atoms with van der Waals surface area (Å²) in [6.07, 6.45) is 0. The molecule has 0 amide bonds. The third kappa shape index (κ3) is 2.12. The summed E-state index contributed by atoms with van der Waals surface area (Å²) in [6, 6.07) is 1.45. The summed E-state index contributed by atoms with van der Waals surface area (Å²) in [6.45, 7) is 0. The number of hydrogen-bond acceptors (Lipinski definition) is 6. The lowest BCUT2D eigenvalue weighted by molar-refractivity contribution is 0.0624. The van der Waals surface area contributed by atoms with Gasteiger partial charge in [-0.15, -0.1) is 0 Å². The van der Waals surface area contributed by atoms with E-state index in [9.17, 15) is 9.59 Å². The van der Waals surface area contributed by atoms with Crippen molar-refractivity contribution in [1.29, 1.82) is 0 Å². The molecule has 2 aromatic rings. The summed E-state index contributed by atoms with van der Waals surface area (Å²) in [5, 5.41) is 21.7. The van der Waals surface area contributed by atoms with Crippen molar-refractivity contribution in [3.63, 3.8) is 0 Å². The molecule has 0 saturated carbocycles. The van der Waals surface area contributed by atoms with Crippen molar-refractivity contribution < 1.29 is 29.0 Å². The van der Waals surface area contributed by atoms with Crippen LogP contribution >= 0.6 is 0 Å². The number of aromatic nitrogens is 3. The van der Waals surface area contributed by atoms with Crippen LogP contribution in [0.25, 0.3) is 11.6 Å². The minimum absolute atomic E-state index is 0.175. The molecule has 0 saturated heterocycles. The van der Waals surface area contributed by atoms with Gasteiger partial charge in [-0.25, -0.2) is 14.3 Å². The van der Waals surface area contributed by atoms with Crippen molar-refractivity contribution in [2.75, 3.05) is 7.11 Å². The lowest BCUT2D eigenvalue weighted by atomic mass is 10.3. The van der Waals surface area contributed by atoms with Crippen LogP contribution < -0.4 is 4.74 Å². The van der Waals surface area contributed by atoms with Crippen molar-refractivity contribution in [1.82, 2.24) is 14.8 Å². The Morgan fingerprint density at radius 3 is 2.47 bits per heavy atom. The largest absolute Gasteiger partial charge is 0.481 e. The molecule has 2 rings (SSSR count). The summed E-state index contributed by atoms with van der Waals surface area (Å²) < 4.78 is 11.3. The number of rotatable bonds is 4. The predicted octanol–water partition coefficient (Wildman–Crippen LogP) is 0.480. The molecule has 0 aromatic carbocycles. The lowest BCUT2D eigenvalue weighted by Gasteiger charge is -1.95. The third-order valence-electron chi connectivity index (χ3n) is 2.29. The molecule has 9 nitrogen and oxygen atoms in total. The van der Waals surface area contributed by atoms with Gasteiger partial charge in [-0.2, -0.15) is 10.1 Å². The van der Waals surface area contributed by atoms with Gasteiger partial charge in [0, 0.05) is 13.1 Å². The van der Waals surface area contributed by atoms with Crippen LogP contribution in [0.4, 0.5) is 0 Å². The van der Waals surface area contributed by atoms with Crippen molar-refractivity contribution in [3.05, 3.63) is 17.5 Å².